The van der Waals surface area contributed by atoms with Gasteiger partial charge in [0.25, 0.3) is 0 Å². The quantitative estimate of drug-likeness (QED) is 0.592. The molecule has 4 heteroatoms. The minimum atomic E-state index is -0.318. The van der Waals surface area contributed by atoms with Gasteiger partial charge < -0.3 is 4.57 Å². The summed E-state index contributed by atoms with van der Waals surface area (Å²) in [5.74, 6) is 0. The Morgan fingerprint density at radius 1 is 1.30 bits per heavy atom. The Labute approximate surface area is 68.0 Å². The summed E-state index contributed by atoms with van der Waals surface area (Å²) in [6.07, 6.45) is 3.02. The zero-order valence-electron chi connectivity index (χ0n) is 5.27. The van der Waals surface area contributed by atoms with Gasteiger partial charge in [-0.05, 0) is 0 Å². The number of nitrogens with zero attached hydrogens (tertiary/aromatic N) is 1. The summed E-state index contributed by atoms with van der Waals surface area (Å²) in [5, 5.41) is 0.296. The van der Waals surface area contributed by atoms with E-state index in [1.165, 1.54) is 12.4 Å². The van der Waals surface area contributed by atoms with Gasteiger partial charge in [-0.15, -0.1) is 0 Å². The maximum absolute atomic E-state index is 10.8. The van der Waals surface area contributed by atoms with Crippen LogP contribution in [0.3, 0.4) is 0 Å². The van der Waals surface area contributed by atoms with E-state index in [0.29, 0.717) is 0 Å². The van der Waals surface area contributed by atoms with Crippen molar-refractivity contribution in [2.45, 2.75) is 0 Å². The molecule has 0 saturated carbocycles. The van der Waals surface area contributed by atoms with Crippen LogP contribution in [0, 0.1) is 0 Å². The first-order valence-electron chi connectivity index (χ1n) is 2.62. The molecule has 0 atom stereocenters. The van der Waals surface area contributed by atoms with Crippen LogP contribution in [-0.2, 0) is 7.05 Å². The number of aromatic nitrogens is 1. The summed E-state index contributed by atoms with van der Waals surface area (Å²) < 4.78 is 1.63. The molecule has 54 valence electrons. The molecule has 1 heterocycles. The molecule has 0 bridgehead atoms. The highest BCUT2D eigenvalue weighted by Gasteiger charge is 1.99. The van der Waals surface area contributed by atoms with Crippen LogP contribution in [0.25, 0.3) is 0 Å². The van der Waals surface area contributed by atoms with E-state index < -0.39 is 0 Å². The van der Waals surface area contributed by atoms with Gasteiger partial charge >= 0.3 is 0 Å². The molecule has 0 N–H and O–H groups in total. The van der Waals surface area contributed by atoms with Crippen LogP contribution in [0.4, 0.5) is 0 Å². The van der Waals surface area contributed by atoms with Crippen molar-refractivity contribution in [2.75, 3.05) is 0 Å². The van der Waals surface area contributed by atoms with Crippen LogP contribution in [0.1, 0.15) is 0 Å². The van der Waals surface area contributed by atoms with E-state index in [4.69, 9.17) is 23.2 Å². The molecule has 1 aromatic rings. The topological polar surface area (TPSA) is 22.0 Å². The van der Waals surface area contributed by atoms with Gasteiger partial charge in [0, 0.05) is 19.4 Å². The van der Waals surface area contributed by atoms with E-state index in [1.54, 1.807) is 11.6 Å². The molecule has 0 saturated heterocycles. The maximum Gasteiger partial charge on any atom is 0.218 e. The lowest BCUT2D eigenvalue weighted by molar-refractivity contribution is 0.901. The third-order valence-corrected chi connectivity index (χ3v) is 1.61. The van der Waals surface area contributed by atoms with Crippen LogP contribution in [0.5, 0.6) is 0 Å². The highest BCUT2D eigenvalue weighted by atomic mass is 35.5. The molecule has 2 nitrogen and oxygen atoms in total. The van der Waals surface area contributed by atoms with E-state index in [0.717, 1.165) is 0 Å². The highest BCUT2D eigenvalue weighted by Crippen LogP contribution is 2.06. The number of hydrogen-bond donors (Lipinski definition) is 0. The zero-order valence-corrected chi connectivity index (χ0v) is 6.78. The summed E-state index contributed by atoms with van der Waals surface area (Å²) in [6.45, 7) is 0. The fourth-order valence-corrected chi connectivity index (χ4v) is 1.19. The summed E-state index contributed by atoms with van der Waals surface area (Å²) in [6, 6.07) is 0. The fourth-order valence-electron chi connectivity index (χ4n) is 0.626. The Morgan fingerprint density at radius 2 is 1.70 bits per heavy atom. The van der Waals surface area contributed by atoms with Crippen LogP contribution in [0.2, 0.25) is 10.0 Å². The Morgan fingerprint density at radius 3 is 2.10 bits per heavy atom. The summed E-state index contributed by atoms with van der Waals surface area (Å²) >= 11 is 11.0. The molecular weight excluding hydrogens is 173 g/mol. The lowest BCUT2D eigenvalue weighted by atomic mass is 10.5. The molecule has 10 heavy (non-hydrogen) atoms. The molecule has 0 aromatic carbocycles. The van der Waals surface area contributed by atoms with Gasteiger partial charge in [-0.1, -0.05) is 23.2 Å². The summed E-state index contributed by atoms with van der Waals surface area (Å²) in [4.78, 5) is 10.8. The van der Waals surface area contributed by atoms with Gasteiger partial charge in [0.05, 0.1) is 0 Å². The molecular formula is C6H5Cl2NO. The molecule has 0 unspecified atom stereocenters. The number of aryl methyl sites for hydroxylation is 1. The van der Waals surface area contributed by atoms with Gasteiger partial charge in [0.1, 0.15) is 10.0 Å². The second-order valence-corrected chi connectivity index (χ2v) is 2.76. The van der Waals surface area contributed by atoms with Gasteiger partial charge in [0.15, 0.2) is 0 Å². The fraction of sp³-hybridized carbons (Fsp3) is 0.167. The molecule has 0 aliphatic carbocycles. The molecule has 1 rings (SSSR count). The Bertz CT molecular complexity index is 279. The average molecular weight is 178 g/mol. The Hall–Kier alpha value is -0.470. The minimum absolute atomic E-state index is 0.148. The predicted molar refractivity (Wildman–Crippen MR) is 41.7 cm³/mol. The highest BCUT2D eigenvalue weighted by molar-refractivity contribution is 6.34. The average Bonchev–Trinajstić information content (AvgIpc) is 1.82. The molecule has 1 aromatic heterocycles. The van der Waals surface area contributed by atoms with Crippen LogP contribution < -0.4 is 5.43 Å². The second-order valence-electron chi connectivity index (χ2n) is 1.95. The molecule has 0 aliphatic rings. The standard InChI is InChI=1S/C6H5Cl2NO/c1-9-2-4(7)6(10)5(8)3-9/h2-3H,1H3. The number of rotatable bonds is 0. The largest absolute Gasteiger partial charge is 0.354 e. The second kappa shape index (κ2) is 2.64. The van der Waals surface area contributed by atoms with Crippen molar-refractivity contribution in [3.05, 3.63) is 32.7 Å². The normalized spacial score (nSPS) is 9.90. The van der Waals surface area contributed by atoms with E-state index in [2.05, 4.69) is 0 Å². The minimum Gasteiger partial charge on any atom is -0.354 e. The van der Waals surface area contributed by atoms with Gasteiger partial charge in [-0.2, -0.15) is 0 Å². The molecule has 0 aliphatic heterocycles. The van der Waals surface area contributed by atoms with Crippen molar-refractivity contribution < 1.29 is 0 Å². The summed E-state index contributed by atoms with van der Waals surface area (Å²) in [7, 11) is 1.75. The first kappa shape index (κ1) is 7.63. The van der Waals surface area contributed by atoms with Crippen LogP contribution in [0.15, 0.2) is 17.2 Å². The lowest BCUT2D eigenvalue weighted by Gasteiger charge is -1.97. The third kappa shape index (κ3) is 1.33. The van der Waals surface area contributed by atoms with E-state index in [1.807, 2.05) is 0 Å². The number of pyridine rings is 1. The van der Waals surface area contributed by atoms with Gasteiger partial charge in [0.2, 0.25) is 5.43 Å². The number of halogens is 2. The Kier molecular flexibility index (Phi) is 2.02. The van der Waals surface area contributed by atoms with Crippen molar-refractivity contribution in [1.82, 2.24) is 4.57 Å². The van der Waals surface area contributed by atoms with E-state index in [-0.39, 0.29) is 15.5 Å². The van der Waals surface area contributed by atoms with Crippen LogP contribution >= 0.6 is 23.2 Å². The Balaban J connectivity index is 3.46. The lowest BCUT2D eigenvalue weighted by Crippen LogP contribution is -2.05. The monoisotopic (exact) mass is 177 g/mol. The van der Waals surface area contributed by atoms with Gasteiger partial charge in [-0.25, -0.2) is 0 Å². The van der Waals surface area contributed by atoms with E-state index in [9.17, 15) is 4.79 Å². The van der Waals surface area contributed by atoms with E-state index >= 15 is 0 Å². The third-order valence-electron chi connectivity index (χ3n) is 1.07. The van der Waals surface area contributed by atoms with Crippen molar-refractivity contribution in [3.8, 4) is 0 Å². The molecule has 0 amide bonds. The maximum atomic E-state index is 10.8. The molecule has 0 spiro atoms. The predicted octanol–water partition coefficient (Wildman–Crippen LogP) is 1.69. The van der Waals surface area contributed by atoms with Crippen LogP contribution in [-0.4, -0.2) is 4.57 Å². The SMILES string of the molecule is Cn1cc(Cl)c(=O)c(Cl)c1. The van der Waals surface area contributed by atoms with Gasteiger partial charge in [-0.3, -0.25) is 4.79 Å². The first-order valence-corrected chi connectivity index (χ1v) is 3.38. The van der Waals surface area contributed by atoms with Crippen molar-refractivity contribution in [2.24, 2.45) is 7.05 Å². The number of hydrogen-bond acceptors (Lipinski definition) is 1. The van der Waals surface area contributed by atoms with Crippen molar-refractivity contribution >= 4 is 23.2 Å². The van der Waals surface area contributed by atoms with Crippen molar-refractivity contribution in [1.29, 1.82) is 0 Å². The molecule has 0 radical (unpaired) electrons. The molecule has 0 fully saturated rings. The summed E-state index contributed by atoms with van der Waals surface area (Å²) in [5.41, 5.74) is -0.318. The van der Waals surface area contributed by atoms with Crippen molar-refractivity contribution in [3.63, 3.8) is 0 Å². The smallest absolute Gasteiger partial charge is 0.218 e. The zero-order chi connectivity index (χ0) is 7.72. The first-order chi connectivity index (χ1) is 4.61.